The lowest BCUT2D eigenvalue weighted by atomic mass is 9.98. The van der Waals surface area contributed by atoms with E-state index >= 15 is 0 Å². The monoisotopic (exact) mass is 509 g/mol. The fourth-order valence-corrected chi connectivity index (χ4v) is 4.89. The Labute approximate surface area is 202 Å². The molecule has 0 aliphatic carbocycles. The van der Waals surface area contributed by atoms with Crippen LogP contribution in [0.25, 0.3) is 0 Å². The molecule has 3 heterocycles. The van der Waals surface area contributed by atoms with Crippen molar-refractivity contribution in [3.63, 3.8) is 0 Å². The number of oxime groups is 1. The summed E-state index contributed by atoms with van der Waals surface area (Å²) in [5.41, 5.74) is 4.99. The number of carboxylic acid groups (broad SMARTS) is 1. The minimum Gasteiger partial charge on any atom is -0.477 e. The van der Waals surface area contributed by atoms with E-state index in [1.807, 2.05) is 0 Å². The lowest BCUT2D eigenvalue weighted by Crippen LogP contribution is -2.71. The van der Waals surface area contributed by atoms with Crippen LogP contribution in [0.2, 0.25) is 0 Å². The Morgan fingerprint density at radius 2 is 2.15 bits per heavy atom. The van der Waals surface area contributed by atoms with Gasteiger partial charge in [-0.05, 0) is 26.3 Å². The summed E-state index contributed by atoms with van der Waals surface area (Å²) in [6.45, 7) is 8.05. The maximum Gasteiger partial charge on any atom is 0.352 e. The number of fused-ring (bicyclic) bond motifs is 1. The molecule has 0 bridgehead atoms. The number of nitrogen functional groups attached to an aromatic ring is 1. The average Bonchev–Trinajstić information content (AvgIpc) is 3.20. The lowest BCUT2D eigenvalue weighted by Gasteiger charge is -2.49. The van der Waals surface area contributed by atoms with Crippen LogP contribution in [0.3, 0.4) is 0 Å². The second-order valence-corrected chi connectivity index (χ2v) is 10.2. The van der Waals surface area contributed by atoms with E-state index in [-0.39, 0.29) is 22.2 Å². The zero-order chi connectivity index (χ0) is 25.2. The van der Waals surface area contributed by atoms with Gasteiger partial charge in [0.25, 0.3) is 18.6 Å². The van der Waals surface area contributed by atoms with Crippen LogP contribution in [-0.4, -0.2) is 68.4 Å². The molecule has 0 aromatic carbocycles. The third-order valence-corrected chi connectivity index (χ3v) is 6.70. The van der Waals surface area contributed by atoms with E-state index in [1.165, 1.54) is 23.2 Å². The Balaban J connectivity index is 1.74. The molecule has 2 aliphatic rings. The molecule has 1 fully saturated rings. The molecular weight excluding hydrogens is 486 g/mol. The first-order valence-corrected chi connectivity index (χ1v) is 11.8. The molecule has 14 heteroatoms. The number of amides is 2. The number of allylic oxidation sites excluding steroid dienone is 1. The number of esters is 1. The third kappa shape index (κ3) is 5.07. The molecular formula is C20H23N5O7S2. The number of ether oxygens (including phenoxy) is 1. The highest BCUT2D eigenvalue weighted by molar-refractivity contribution is 8.00. The van der Waals surface area contributed by atoms with Gasteiger partial charge in [-0.25, -0.2) is 9.78 Å². The molecule has 2 atom stereocenters. The van der Waals surface area contributed by atoms with E-state index in [9.17, 15) is 24.3 Å². The predicted octanol–water partition coefficient (Wildman–Crippen LogP) is 0.917. The number of thioether (sulfide) groups is 1. The fourth-order valence-electron chi connectivity index (χ4n) is 3.00. The van der Waals surface area contributed by atoms with Gasteiger partial charge < -0.3 is 25.7 Å². The van der Waals surface area contributed by atoms with Gasteiger partial charge in [-0.1, -0.05) is 17.8 Å². The Morgan fingerprint density at radius 3 is 2.71 bits per heavy atom. The number of nitrogens with two attached hydrogens (primary N) is 1. The molecule has 1 aromatic heterocycles. The first kappa shape index (κ1) is 25.2. The molecule has 0 spiro atoms. The van der Waals surface area contributed by atoms with Crippen LogP contribution in [-0.2, 0) is 28.8 Å². The van der Waals surface area contributed by atoms with Crippen LogP contribution in [0.1, 0.15) is 26.5 Å². The third-order valence-electron chi connectivity index (χ3n) is 4.72. The van der Waals surface area contributed by atoms with Crippen LogP contribution in [0.15, 0.2) is 34.5 Å². The van der Waals surface area contributed by atoms with Crippen LogP contribution < -0.4 is 11.1 Å². The molecule has 0 unspecified atom stereocenters. The first-order valence-electron chi connectivity index (χ1n) is 9.88. The maximum absolute atomic E-state index is 13.0. The summed E-state index contributed by atoms with van der Waals surface area (Å²) < 4.78 is 4.96. The number of carbonyl (C=O) groups excluding carboxylic acids is 3. The van der Waals surface area contributed by atoms with Crippen molar-refractivity contribution < 1.29 is 33.9 Å². The summed E-state index contributed by atoms with van der Waals surface area (Å²) in [6, 6.07) is -0.988. The number of rotatable bonds is 8. The van der Waals surface area contributed by atoms with Crippen molar-refractivity contribution in [3.05, 3.63) is 35.0 Å². The van der Waals surface area contributed by atoms with E-state index in [0.29, 0.717) is 11.3 Å². The minimum absolute atomic E-state index is 0.0992. The molecule has 2 amide bonds. The standard InChI is InChI=1S/C20H23N5O7S2/c1-5-9-6-33-16-12(15(27)25(16)13(9)17(28)29)23-14(26)11(10-7-34-19(21)22-10)24-32-8-31-18(30)20(2,3)4/h5,7,12,16H,1,6,8H2,2-4H3,(H2,21,22)(H,23,26)(H,28,29)/b24-11+/t12-,16+/m1/s1. The van der Waals surface area contributed by atoms with Gasteiger partial charge in [-0.3, -0.25) is 19.3 Å². The Kier molecular flexibility index (Phi) is 7.31. The van der Waals surface area contributed by atoms with Gasteiger partial charge in [0.05, 0.1) is 5.41 Å². The van der Waals surface area contributed by atoms with Gasteiger partial charge in [0, 0.05) is 11.1 Å². The highest BCUT2D eigenvalue weighted by Gasteiger charge is 2.54. The first-order chi connectivity index (χ1) is 16.0. The largest absolute Gasteiger partial charge is 0.477 e. The minimum atomic E-state index is -1.25. The number of aliphatic carboxylic acids is 1. The second-order valence-electron chi connectivity index (χ2n) is 8.18. The molecule has 3 rings (SSSR count). The molecule has 12 nitrogen and oxygen atoms in total. The SMILES string of the molecule is C=CC1=C(C(=O)O)N2C(=O)[C@@H](NC(=O)/C(=N/OCOC(=O)C(C)(C)C)c3csc(N)n3)[C@@H]2SC1. The van der Waals surface area contributed by atoms with Crippen molar-refractivity contribution in [2.24, 2.45) is 10.6 Å². The predicted molar refractivity (Wildman–Crippen MR) is 124 cm³/mol. The van der Waals surface area contributed by atoms with Crippen LogP contribution in [0.5, 0.6) is 0 Å². The lowest BCUT2D eigenvalue weighted by molar-refractivity contribution is -0.165. The zero-order valence-corrected chi connectivity index (χ0v) is 20.2. The summed E-state index contributed by atoms with van der Waals surface area (Å²) in [5, 5.41) is 16.8. The van der Waals surface area contributed by atoms with E-state index in [2.05, 4.69) is 22.0 Å². The van der Waals surface area contributed by atoms with Crippen molar-refractivity contribution in [2.45, 2.75) is 32.2 Å². The molecule has 4 N–H and O–H groups in total. The van der Waals surface area contributed by atoms with Crippen LogP contribution in [0, 0.1) is 5.41 Å². The number of aromatic nitrogens is 1. The summed E-state index contributed by atoms with van der Waals surface area (Å²) >= 11 is 2.36. The van der Waals surface area contributed by atoms with Crippen molar-refractivity contribution in [1.82, 2.24) is 15.2 Å². The van der Waals surface area contributed by atoms with Gasteiger partial charge in [0.15, 0.2) is 10.8 Å². The Morgan fingerprint density at radius 1 is 1.44 bits per heavy atom. The van der Waals surface area contributed by atoms with Gasteiger partial charge in [-0.2, -0.15) is 0 Å². The van der Waals surface area contributed by atoms with E-state index in [4.69, 9.17) is 15.3 Å². The highest BCUT2D eigenvalue weighted by atomic mass is 32.2. The highest BCUT2D eigenvalue weighted by Crippen LogP contribution is 2.40. The molecule has 182 valence electrons. The van der Waals surface area contributed by atoms with Crippen molar-refractivity contribution >= 4 is 57.7 Å². The second kappa shape index (κ2) is 9.85. The summed E-state index contributed by atoms with van der Waals surface area (Å²) in [5.74, 6) is -2.84. The number of carbonyl (C=O) groups is 4. The topological polar surface area (TPSA) is 174 Å². The van der Waals surface area contributed by atoms with E-state index in [1.54, 1.807) is 20.8 Å². The van der Waals surface area contributed by atoms with E-state index in [0.717, 1.165) is 16.2 Å². The number of nitrogens with one attached hydrogen (secondary N) is 1. The van der Waals surface area contributed by atoms with Gasteiger partial charge in [0.2, 0.25) is 0 Å². The fraction of sp³-hybridized carbons (Fsp3) is 0.400. The molecule has 1 aromatic rings. The van der Waals surface area contributed by atoms with Gasteiger partial charge in [0.1, 0.15) is 22.8 Å². The molecule has 1 saturated heterocycles. The number of carboxylic acids is 1. The van der Waals surface area contributed by atoms with Gasteiger partial charge in [-0.15, -0.1) is 23.1 Å². The van der Waals surface area contributed by atoms with Gasteiger partial charge >= 0.3 is 11.9 Å². The average molecular weight is 510 g/mol. The number of thiazole rings is 1. The number of hydrogen-bond acceptors (Lipinski definition) is 11. The quantitative estimate of drug-likeness (QED) is 0.114. The zero-order valence-electron chi connectivity index (χ0n) is 18.6. The number of nitrogens with zero attached hydrogens (tertiary/aromatic N) is 3. The Bertz CT molecular complexity index is 1110. The summed E-state index contributed by atoms with van der Waals surface area (Å²) in [4.78, 5) is 59.3. The molecule has 2 aliphatic heterocycles. The molecule has 0 radical (unpaired) electrons. The summed E-state index contributed by atoms with van der Waals surface area (Å²) in [7, 11) is 0. The maximum atomic E-state index is 13.0. The number of hydrogen-bond donors (Lipinski definition) is 3. The Hall–Kier alpha value is -3.39. The normalized spacial score (nSPS) is 20.3. The summed E-state index contributed by atoms with van der Waals surface area (Å²) in [6.07, 6.45) is 1.40. The molecule has 34 heavy (non-hydrogen) atoms. The van der Waals surface area contributed by atoms with Crippen molar-refractivity contribution in [2.75, 3.05) is 18.3 Å². The van der Waals surface area contributed by atoms with Crippen molar-refractivity contribution in [3.8, 4) is 0 Å². The molecule has 0 saturated carbocycles. The van der Waals surface area contributed by atoms with Crippen LogP contribution in [0.4, 0.5) is 5.13 Å². The van der Waals surface area contributed by atoms with Crippen molar-refractivity contribution in [1.29, 1.82) is 0 Å². The van der Waals surface area contributed by atoms with Crippen LogP contribution >= 0.6 is 23.1 Å². The van der Waals surface area contributed by atoms with E-state index < -0.39 is 47.4 Å². The smallest absolute Gasteiger partial charge is 0.352 e. The number of anilines is 1. The number of β-lactam (4-membered cyclic amide) rings is 1.